The Bertz CT molecular complexity index is 959. The molecule has 4 fully saturated rings. The molecule has 33 heavy (non-hydrogen) atoms. The van der Waals surface area contributed by atoms with Crippen molar-refractivity contribution >= 4 is 29.4 Å². The molecule has 4 N–H and O–H groups in total. The van der Waals surface area contributed by atoms with E-state index in [0.29, 0.717) is 10.8 Å². The first-order valence-corrected chi connectivity index (χ1v) is 12.9. The van der Waals surface area contributed by atoms with E-state index in [-0.39, 0.29) is 41.4 Å². The lowest BCUT2D eigenvalue weighted by Crippen LogP contribution is -2.62. The monoisotopic (exact) mass is 470 g/mol. The predicted molar refractivity (Wildman–Crippen MR) is 126 cm³/mol. The van der Waals surface area contributed by atoms with Gasteiger partial charge in [-0.25, -0.2) is 9.78 Å². The summed E-state index contributed by atoms with van der Waals surface area (Å²) in [6.07, 6.45) is 8.22. The van der Waals surface area contributed by atoms with Crippen LogP contribution in [0.15, 0.2) is 28.9 Å². The smallest absolute Gasteiger partial charge is 0.326 e. The van der Waals surface area contributed by atoms with E-state index in [1.54, 1.807) is 18.0 Å². The second-order valence-electron chi connectivity index (χ2n) is 9.46. The van der Waals surface area contributed by atoms with Gasteiger partial charge in [0.1, 0.15) is 6.10 Å². The molecule has 5 aliphatic rings. The van der Waals surface area contributed by atoms with Crippen LogP contribution in [-0.2, 0) is 4.79 Å². The molecule has 3 saturated heterocycles. The van der Waals surface area contributed by atoms with Crippen LogP contribution in [0, 0.1) is 5.92 Å². The fraction of sp³-hybridized carbons (Fsp3) is 0.609. The number of pyridine rings is 1. The average Bonchev–Trinajstić information content (AvgIpc) is 3.17. The Labute approximate surface area is 197 Å². The van der Waals surface area contributed by atoms with Crippen LogP contribution in [-0.4, -0.2) is 60.1 Å². The zero-order valence-corrected chi connectivity index (χ0v) is 19.3. The molecule has 9 nitrogen and oxygen atoms in total. The number of hydrogen-bond donors (Lipinski definition) is 4. The van der Waals surface area contributed by atoms with Gasteiger partial charge in [0.05, 0.1) is 28.2 Å². The van der Waals surface area contributed by atoms with E-state index in [4.69, 9.17) is 4.74 Å². The highest BCUT2D eigenvalue weighted by atomic mass is 32.2. The van der Waals surface area contributed by atoms with Crippen molar-refractivity contribution in [1.29, 1.82) is 0 Å². The van der Waals surface area contributed by atoms with Crippen molar-refractivity contribution in [2.75, 3.05) is 24.5 Å². The van der Waals surface area contributed by atoms with Gasteiger partial charge in [-0.3, -0.25) is 9.69 Å². The summed E-state index contributed by atoms with van der Waals surface area (Å²) in [5, 5.41) is 13.2. The highest BCUT2D eigenvalue weighted by molar-refractivity contribution is 8.04. The van der Waals surface area contributed by atoms with Crippen molar-refractivity contribution in [2.45, 2.75) is 62.1 Å². The van der Waals surface area contributed by atoms with Crippen LogP contribution in [0.25, 0.3) is 0 Å². The molecule has 0 bridgehead atoms. The predicted octanol–water partition coefficient (Wildman–Crippen LogP) is 1.67. The number of thioether (sulfide) groups is 1. The van der Waals surface area contributed by atoms with Crippen LogP contribution in [0.4, 0.5) is 10.5 Å². The molecule has 3 unspecified atom stereocenters. The third-order valence-electron chi connectivity index (χ3n) is 7.32. The Balaban J connectivity index is 1.22. The minimum atomic E-state index is -0.200. The van der Waals surface area contributed by atoms with Crippen LogP contribution in [0.1, 0.15) is 38.5 Å². The molecule has 1 aliphatic carbocycles. The number of anilines is 1. The summed E-state index contributed by atoms with van der Waals surface area (Å²) < 4.78 is 5.87. The third-order valence-corrected chi connectivity index (χ3v) is 8.67. The largest absolute Gasteiger partial charge is 0.474 e. The second kappa shape index (κ2) is 8.81. The Morgan fingerprint density at radius 3 is 2.82 bits per heavy atom. The van der Waals surface area contributed by atoms with E-state index >= 15 is 0 Å². The van der Waals surface area contributed by atoms with E-state index < -0.39 is 0 Å². The molecule has 0 spiro atoms. The van der Waals surface area contributed by atoms with Crippen molar-refractivity contribution in [2.24, 2.45) is 5.92 Å². The SMILES string of the molecule is O=C(N[C@@H]1CCCNC1)C1=C2NC(=O)N(c3ccc(OC4CCC4)nc3)C3CCNC(S1)C23. The van der Waals surface area contributed by atoms with E-state index in [2.05, 4.69) is 26.3 Å². The molecular weight excluding hydrogens is 440 g/mol. The number of piperidine rings is 2. The molecule has 1 aromatic rings. The second-order valence-corrected chi connectivity index (χ2v) is 10.6. The molecule has 0 radical (unpaired) electrons. The number of aromatic nitrogens is 1. The van der Waals surface area contributed by atoms with Crippen molar-refractivity contribution in [3.63, 3.8) is 0 Å². The zero-order chi connectivity index (χ0) is 22.4. The fourth-order valence-electron chi connectivity index (χ4n) is 5.39. The van der Waals surface area contributed by atoms with Gasteiger partial charge in [0.15, 0.2) is 0 Å². The van der Waals surface area contributed by atoms with Crippen molar-refractivity contribution in [3.8, 4) is 5.88 Å². The summed E-state index contributed by atoms with van der Waals surface area (Å²) in [4.78, 5) is 33.3. The number of nitrogens with one attached hydrogen (secondary N) is 4. The summed E-state index contributed by atoms with van der Waals surface area (Å²) >= 11 is 1.54. The highest BCUT2D eigenvalue weighted by Gasteiger charge is 2.51. The Morgan fingerprint density at radius 1 is 1.18 bits per heavy atom. The number of amides is 3. The lowest BCUT2D eigenvalue weighted by atomic mass is 9.86. The maximum atomic E-state index is 13.3. The van der Waals surface area contributed by atoms with Gasteiger partial charge in [-0.2, -0.15) is 0 Å². The van der Waals surface area contributed by atoms with Crippen molar-refractivity contribution < 1.29 is 14.3 Å². The van der Waals surface area contributed by atoms with Crippen LogP contribution in [0.5, 0.6) is 5.88 Å². The molecule has 5 heterocycles. The highest BCUT2D eigenvalue weighted by Crippen LogP contribution is 2.47. The van der Waals surface area contributed by atoms with Gasteiger partial charge in [-0.05, 0) is 57.7 Å². The molecule has 1 aromatic heterocycles. The van der Waals surface area contributed by atoms with Crippen LogP contribution < -0.4 is 30.9 Å². The first kappa shape index (κ1) is 21.2. The molecule has 176 valence electrons. The number of urea groups is 1. The summed E-state index contributed by atoms with van der Waals surface area (Å²) in [5.41, 5.74) is 1.52. The molecular formula is C23H30N6O3S. The van der Waals surface area contributed by atoms with Crippen LogP contribution in [0.3, 0.4) is 0 Å². The summed E-state index contributed by atoms with van der Waals surface area (Å²) in [6, 6.07) is 3.68. The molecule has 0 aromatic carbocycles. The number of ether oxygens (including phenoxy) is 1. The van der Waals surface area contributed by atoms with Crippen molar-refractivity contribution in [3.05, 3.63) is 28.9 Å². The van der Waals surface area contributed by atoms with Crippen LogP contribution in [0.2, 0.25) is 0 Å². The summed E-state index contributed by atoms with van der Waals surface area (Å²) in [6.45, 7) is 2.59. The molecule has 4 aliphatic heterocycles. The quantitative estimate of drug-likeness (QED) is 0.519. The fourth-order valence-corrected chi connectivity index (χ4v) is 6.79. The van der Waals surface area contributed by atoms with E-state index in [1.165, 1.54) is 6.42 Å². The van der Waals surface area contributed by atoms with Gasteiger partial charge in [0.2, 0.25) is 5.88 Å². The first-order chi connectivity index (χ1) is 16.2. The molecule has 4 atom stereocenters. The van der Waals surface area contributed by atoms with Crippen LogP contribution >= 0.6 is 11.8 Å². The maximum absolute atomic E-state index is 13.3. The Kier molecular flexibility index (Phi) is 5.67. The lowest BCUT2D eigenvalue weighted by Gasteiger charge is -2.45. The van der Waals surface area contributed by atoms with E-state index in [1.807, 2.05) is 17.0 Å². The number of rotatable bonds is 5. The minimum Gasteiger partial charge on any atom is -0.474 e. The number of nitrogens with zero attached hydrogens (tertiary/aromatic N) is 2. The molecule has 6 rings (SSSR count). The van der Waals surface area contributed by atoms with Gasteiger partial charge >= 0.3 is 6.03 Å². The summed E-state index contributed by atoms with van der Waals surface area (Å²) in [5.74, 6) is 0.571. The number of hydrogen-bond acceptors (Lipinski definition) is 7. The molecule has 3 amide bonds. The van der Waals surface area contributed by atoms with Gasteiger partial charge in [0, 0.05) is 30.3 Å². The Morgan fingerprint density at radius 2 is 2.09 bits per heavy atom. The maximum Gasteiger partial charge on any atom is 0.326 e. The lowest BCUT2D eigenvalue weighted by molar-refractivity contribution is -0.117. The normalized spacial score (nSPS) is 31.5. The van der Waals surface area contributed by atoms with Gasteiger partial charge in [-0.15, -0.1) is 0 Å². The number of carbonyl (C=O) groups excluding carboxylic acids is 2. The Hall–Kier alpha value is -2.30. The van der Waals surface area contributed by atoms with E-state index in [9.17, 15) is 9.59 Å². The van der Waals surface area contributed by atoms with Gasteiger partial charge in [0.25, 0.3) is 5.91 Å². The van der Waals surface area contributed by atoms with Gasteiger partial charge in [-0.1, -0.05) is 11.8 Å². The van der Waals surface area contributed by atoms with Crippen molar-refractivity contribution in [1.82, 2.24) is 26.3 Å². The standard InChI is InChI=1S/C23H30N6O3S/c30-21(27-13-3-2-9-24-11-13)20-19-18-16(8-10-25-22(18)33-20)29(23(31)28-19)14-6-7-17(26-12-14)32-15-4-1-5-15/h6-7,12-13,15-16,18,22,24-25H,1-5,8-11H2,(H,27,30)(H,28,31)/t13-,16?,18?,22?/m1/s1. The molecule has 1 saturated carbocycles. The van der Waals surface area contributed by atoms with E-state index in [0.717, 1.165) is 63.1 Å². The molecule has 10 heteroatoms. The topological polar surface area (TPSA) is 108 Å². The average molecular weight is 471 g/mol. The first-order valence-electron chi connectivity index (χ1n) is 12.1. The minimum absolute atomic E-state index is 0.0191. The third kappa shape index (κ3) is 3.98. The summed E-state index contributed by atoms with van der Waals surface area (Å²) in [7, 11) is 0. The van der Waals surface area contributed by atoms with Gasteiger partial charge < -0.3 is 26.0 Å². The number of carbonyl (C=O) groups is 2. The zero-order valence-electron chi connectivity index (χ0n) is 18.5.